The van der Waals surface area contributed by atoms with E-state index in [1.807, 2.05) is 13.0 Å². The highest BCUT2D eigenvalue weighted by Gasteiger charge is 2.41. The SMILES string of the molecule is Cc1cccc(N2C(=O)CC(SC(C)C(=O)O)C2=O)c1. The predicted molar refractivity (Wildman–Crippen MR) is 76.8 cm³/mol. The largest absolute Gasteiger partial charge is 0.480 e. The van der Waals surface area contributed by atoms with Gasteiger partial charge < -0.3 is 5.11 Å². The molecule has 1 heterocycles. The second-order valence-electron chi connectivity index (χ2n) is 4.72. The van der Waals surface area contributed by atoms with Crippen LogP contribution in [0.15, 0.2) is 24.3 Å². The molecule has 106 valence electrons. The van der Waals surface area contributed by atoms with Gasteiger partial charge in [-0.05, 0) is 31.5 Å². The van der Waals surface area contributed by atoms with Gasteiger partial charge in [-0.15, -0.1) is 11.8 Å². The second-order valence-corrected chi connectivity index (χ2v) is 6.26. The van der Waals surface area contributed by atoms with Crippen LogP contribution in [-0.2, 0) is 14.4 Å². The number of carbonyl (C=O) groups is 3. The van der Waals surface area contributed by atoms with Crippen LogP contribution in [0.25, 0.3) is 0 Å². The van der Waals surface area contributed by atoms with Crippen molar-refractivity contribution in [2.45, 2.75) is 30.8 Å². The number of hydrogen-bond donors (Lipinski definition) is 1. The van der Waals surface area contributed by atoms with Crippen molar-refractivity contribution in [3.8, 4) is 0 Å². The van der Waals surface area contributed by atoms with Crippen LogP contribution in [0.5, 0.6) is 0 Å². The maximum absolute atomic E-state index is 12.3. The van der Waals surface area contributed by atoms with E-state index in [-0.39, 0.29) is 18.2 Å². The molecular formula is C14H15NO4S. The summed E-state index contributed by atoms with van der Waals surface area (Å²) in [5, 5.41) is 7.55. The van der Waals surface area contributed by atoms with Crippen molar-refractivity contribution in [1.82, 2.24) is 0 Å². The third kappa shape index (κ3) is 2.85. The van der Waals surface area contributed by atoms with Gasteiger partial charge in [0.2, 0.25) is 11.8 Å². The average Bonchev–Trinajstić information content (AvgIpc) is 2.64. The molecular weight excluding hydrogens is 278 g/mol. The fraction of sp³-hybridized carbons (Fsp3) is 0.357. The van der Waals surface area contributed by atoms with Gasteiger partial charge in [-0.25, -0.2) is 4.90 Å². The van der Waals surface area contributed by atoms with Crippen LogP contribution in [0.3, 0.4) is 0 Å². The standard InChI is InChI=1S/C14H15NO4S/c1-8-4-3-5-10(6-8)15-12(16)7-11(13(15)17)20-9(2)14(18)19/h3-6,9,11H,7H2,1-2H3,(H,18,19). The number of aliphatic carboxylic acids is 1. The van der Waals surface area contributed by atoms with Crippen LogP contribution in [-0.4, -0.2) is 33.4 Å². The molecule has 0 radical (unpaired) electrons. The van der Waals surface area contributed by atoms with Crippen LogP contribution in [0.4, 0.5) is 5.69 Å². The van der Waals surface area contributed by atoms with E-state index in [0.29, 0.717) is 5.69 Å². The summed E-state index contributed by atoms with van der Waals surface area (Å²) < 4.78 is 0. The Labute approximate surface area is 121 Å². The number of thioether (sulfide) groups is 1. The van der Waals surface area contributed by atoms with E-state index < -0.39 is 16.5 Å². The Balaban J connectivity index is 2.19. The average molecular weight is 293 g/mol. The number of hydrogen-bond acceptors (Lipinski definition) is 4. The zero-order chi connectivity index (χ0) is 14.9. The Kier molecular flexibility index (Phi) is 4.13. The number of anilines is 1. The van der Waals surface area contributed by atoms with Crippen LogP contribution in [0.1, 0.15) is 18.9 Å². The molecule has 1 aliphatic heterocycles. The topological polar surface area (TPSA) is 74.7 Å². The fourth-order valence-corrected chi connectivity index (χ4v) is 3.12. The highest BCUT2D eigenvalue weighted by atomic mass is 32.2. The highest BCUT2D eigenvalue weighted by molar-refractivity contribution is 8.01. The first kappa shape index (κ1) is 14.6. The molecule has 1 aliphatic rings. The number of carboxylic acids is 1. The second kappa shape index (κ2) is 5.66. The lowest BCUT2D eigenvalue weighted by atomic mass is 10.2. The maximum atomic E-state index is 12.3. The van der Waals surface area contributed by atoms with Crippen molar-refractivity contribution >= 4 is 35.2 Å². The highest BCUT2D eigenvalue weighted by Crippen LogP contribution is 2.32. The van der Waals surface area contributed by atoms with E-state index in [1.165, 1.54) is 6.92 Å². The van der Waals surface area contributed by atoms with E-state index in [1.54, 1.807) is 18.2 Å². The number of carboxylic acid groups (broad SMARTS) is 1. The van der Waals surface area contributed by atoms with Crippen molar-refractivity contribution in [3.63, 3.8) is 0 Å². The minimum Gasteiger partial charge on any atom is -0.480 e. The minimum absolute atomic E-state index is 0.0507. The Morgan fingerprint density at radius 1 is 1.45 bits per heavy atom. The quantitative estimate of drug-likeness (QED) is 0.857. The molecule has 1 aromatic rings. The van der Waals surface area contributed by atoms with Gasteiger partial charge >= 0.3 is 5.97 Å². The summed E-state index contributed by atoms with van der Waals surface area (Å²) in [6.07, 6.45) is 0.0507. The van der Waals surface area contributed by atoms with Crippen LogP contribution >= 0.6 is 11.8 Å². The first-order valence-corrected chi connectivity index (χ1v) is 7.16. The molecule has 20 heavy (non-hydrogen) atoms. The number of aryl methyl sites for hydroxylation is 1. The Morgan fingerprint density at radius 3 is 2.75 bits per heavy atom. The zero-order valence-corrected chi connectivity index (χ0v) is 12.0. The van der Waals surface area contributed by atoms with Gasteiger partial charge in [0.15, 0.2) is 0 Å². The molecule has 1 fully saturated rings. The number of rotatable bonds is 4. The van der Waals surface area contributed by atoms with Gasteiger partial charge in [0, 0.05) is 6.42 Å². The summed E-state index contributed by atoms with van der Waals surface area (Å²) in [5.41, 5.74) is 1.50. The van der Waals surface area contributed by atoms with Gasteiger partial charge in [-0.1, -0.05) is 12.1 Å². The molecule has 0 bridgehead atoms. The summed E-state index contributed by atoms with van der Waals surface area (Å²) in [5.74, 6) is -1.60. The molecule has 1 aromatic carbocycles. The van der Waals surface area contributed by atoms with E-state index in [2.05, 4.69) is 0 Å². The van der Waals surface area contributed by atoms with Gasteiger partial charge in [0.05, 0.1) is 10.9 Å². The molecule has 2 unspecified atom stereocenters. The lowest BCUT2D eigenvalue weighted by Gasteiger charge is -2.16. The summed E-state index contributed by atoms with van der Waals surface area (Å²) in [4.78, 5) is 36.3. The van der Waals surface area contributed by atoms with E-state index >= 15 is 0 Å². The first-order valence-electron chi connectivity index (χ1n) is 6.22. The molecule has 6 heteroatoms. The molecule has 2 rings (SSSR count). The number of amides is 2. The van der Waals surface area contributed by atoms with Gasteiger partial charge in [0.1, 0.15) is 5.25 Å². The molecule has 1 saturated heterocycles. The molecule has 0 spiro atoms. The molecule has 0 saturated carbocycles. The molecule has 0 aliphatic carbocycles. The van der Waals surface area contributed by atoms with Crippen LogP contribution in [0.2, 0.25) is 0 Å². The van der Waals surface area contributed by atoms with Gasteiger partial charge in [0.25, 0.3) is 0 Å². The van der Waals surface area contributed by atoms with Crippen molar-refractivity contribution in [3.05, 3.63) is 29.8 Å². The van der Waals surface area contributed by atoms with Gasteiger partial charge in [-0.3, -0.25) is 14.4 Å². The Bertz CT molecular complexity index is 572. The van der Waals surface area contributed by atoms with E-state index in [9.17, 15) is 14.4 Å². The molecule has 2 atom stereocenters. The molecule has 5 nitrogen and oxygen atoms in total. The Morgan fingerprint density at radius 2 is 2.15 bits per heavy atom. The lowest BCUT2D eigenvalue weighted by Crippen LogP contribution is -2.32. The summed E-state index contributed by atoms with van der Waals surface area (Å²) in [6.45, 7) is 3.40. The lowest BCUT2D eigenvalue weighted by molar-refractivity contribution is -0.136. The predicted octanol–water partition coefficient (Wildman–Crippen LogP) is 1.83. The smallest absolute Gasteiger partial charge is 0.316 e. The summed E-state index contributed by atoms with van der Waals surface area (Å²) >= 11 is 1.02. The number of imide groups is 1. The van der Waals surface area contributed by atoms with Crippen LogP contribution in [0, 0.1) is 6.92 Å². The first-order chi connectivity index (χ1) is 9.40. The summed E-state index contributed by atoms with van der Waals surface area (Å²) in [6, 6.07) is 7.14. The normalized spacial score (nSPS) is 20.3. The van der Waals surface area contributed by atoms with Crippen molar-refractivity contribution in [1.29, 1.82) is 0 Å². The van der Waals surface area contributed by atoms with Crippen molar-refractivity contribution in [2.75, 3.05) is 4.90 Å². The maximum Gasteiger partial charge on any atom is 0.316 e. The van der Waals surface area contributed by atoms with Crippen molar-refractivity contribution < 1.29 is 19.5 Å². The fourth-order valence-electron chi connectivity index (χ4n) is 2.05. The minimum atomic E-state index is -0.982. The molecule has 1 N–H and O–H groups in total. The number of carbonyl (C=O) groups excluding carboxylic acids is 2. The number of benzene rings is 1. The third-order valence-electron chi connectivity index (χ3n) is 3.08. The monoisotopic (exact) mass is 293 g/mol. The van der Waals surface area contributed by atoms with Gasteiger partial charge in [-0.2, -0.15) is 0 Å². The van der Waals surface area contributed by atoms with Crippen LogP contribution < -0.4 is 4.90 Å². The van der Waals surface area contributed by atoms with E-state index in [4.69, 9.17) is 5.11 Å². The molecule has 2 amide bonds. The van der Waals surface area contributed by atoms with Crippen molar-refractivity contribution in [2.24, 2.45) is 0 Å². The summed E-state index contributed by atoms with van der Waals surface area (Å²) in [7, 11) is 0. The van der Waals surface area contributed by atoms with E-state index in [0.717, 1.165) is 22.2 Å². The third-order valence-corrected chi connectivity index (χ3v) is 4.39. The zero-order valence-electron chi connectivity index (χ0n) is 11.2. The Hall–Kier alpha value is -1.82. The molecule has 0 aromatic heterocycles. The number of nitrogens with zero attached hydrogens (tertiary/aromatic N) is 1.